The van der Waals surface area contributed by atoms with Gasteiger partial charge in [0.2, 0.25) is 0 Å². The molecule has 1 heterocycles. The molecule has 0 N–H and O–H groups in total. The molecule has 5 atom stereocenters. The predicted octanol–water partition coefficient (Wildman–Crippen LogP) is 3.10. The second kappa shape index (κ2) is 3.72. The Morgan fingerprint density at radius 3 is 3.00 bits per heavy atom. The van der Waals surface area contributed by atoms with Crippen molar-refractivity contribution in [1.29, 1.82) is 0 Å². The summed E-state index contributed by atoms with van der Waals surface area (Å²) in [6, 6.07) is 0. The summed E-state index contributed by atoms with van der Waals surface area (Å²) in [6.45, 7) is 8.44. The third-order valence-electron chi connectivity index (χ3n) is 5.02. The number of allylic oxidation sites excluding steroid dienone is 2. The topological polar surface area (TPSA) is 26.3 Å². The van der Waals surface area contributed by atoms with E-state index in [2.05, 4.69) is 19.6 Å². The maximum atomic E-state index is 11.8. The number of carbonyl (C=O) groups excluding carboxylic acids is 1. The van der Waals surface area contributed by atoms with Gasteiger partial charge in [-0.3, -0.25) is 4.79 Å². The van der Waals surface area contributed by atoms with Gasteiger partial charge in [-0.25, -0.2) is 0 Å². The first kappa shape index (κ1) is 11.1. The zero-order chi connectivity index (χ0) is 12.2. The minimum absolute atomic E-state index is 0.00796. The summed E-state index contributed by atoms with van der Waals surface area (Å²) in [5.74, 6) is 1.35. The lowest BCUT2D eigenvalue weighted by molar-refractivity contribution is -0.145. The van der Waals surface area contributed by atoms with E-state index < -0.39 is 0 Å². The van der Waals surface area contributed by atoms with Gasteiger partial charge in [-0.15, -0.1) is 0 Å². The molecular formula is C15H20O2. The van der Waals surface area contributed by atoms with Crippen molar-refractivity contribution >= 4 is 5.97 Å². The number of hydrogen-bond acceptors (Lipinski definition) is 2. The molecule has 0 aromatic heterocycles. The van der Waals surface area contributed by atoms with Gasteiger partial charge in [0.15, 0.2) is 0 Å². The molecule has 0 radical (unpaired) electrons. The van der Waals surface area contributed by atoms with Crippen molar-refractivity contribution in [3.05, 3.63) is 23.8 Å². The van der Waals surface area contributed by atoms with Crippen LogP contribution in [0.5, 0.6) is 0 Å². The molecule has 0 spiro atoms. The van der Waals surface area contributed by atoms with Gasteiger partial charge < -0.3 is 4.74 Å². The zero-order valence-corrected chi connectivity index (χ0v) is 10.6. The van der Waals surface area contributed by atoms with Gasteiger partial charge in [0.25, 0.3) is 0 Å². The molecule has 1 saturated carbocycles. The van der Waals surface area contributed by atoms with E-state index in [0.29, 0.717) is 17.8 Å². The van der Waals surface area contributed by atoms with Crippen molar-refractivity contribution in [3.8, 4) is 0 Å². The van der Waals surface area contributed by atoms with Crippen molar-refractivity contribution in [1.82, 2.24) is 0 Å². The molecule has 3 rings (SSSR count). The molecule has 0 aromatic rings. The van der Waals surface area contributed by atoms with Crippen LogP contribution in [0.1, 0.15) is 33.1 Å². The van der Waals surface area contributed by atoms with Crippen LogP contribution in [0.25, 0.3) is 0 Å². The molecular weight excluding hydrogens is 212 g/mol. The highest BCUT2D eigenvalue weighted by molar-refractivity contribution is 5.75. The monoisotopic (exact) mass is 232 g/mol. The normalized spacial score (nSPS) is 44.8. The molecule has 0 amide bonds. The van der Waals surface area contributed by atoms with E-state index in [1.165, 1.54) is 17.6 Å². The molecule has 2 fully saturated rings. The minimum atomic E-state index is -0.00796. The van der Waals surface area contributed by atoms with E-state index in [-0.39, 0.29) is 18.0 Å². The van der Waals surface area contributed by atoms with Crippen LogP contribution in [0, 0.1) is 23.7 Å². The van der Waals surface area contributed by atoms with Crippen LogP contribution in [0.2, 0.25) is 0 Å². The Bertz CT molecular complexity index is 407. The lowest BCUT2D eigenvalue weighted by atomic mass is 9.79. The molecule has 1 aliphatic heterocycles. The average Bonchev–Trinajstić information content (AvgIpc) is 2.75. The fourth-order valence-corrected chi connectivity index (χ4v) is 3.88. The largest absolute Gasteiger partial charge is 0.461 e. The van der Waals surface area contributed by atoms with Crippen LogP contribution in [-0.2, 0) is 9.53 Å². The van der Waals surface area contributed by atoms with E-state index in [1.807, 2.05) is 6.92 Å². The SMILES string of the molecule is C=C1CC[C@H]2C(C)=CC[C@@H]3[C@H](OC(=O)[C@H]3C)[C@@H]12. The Balaban J connectivity index is 2.00. The summed E-state index contributed by atoms with van der Waals surface area (Å²) in [5.41, 5.74) is 2.77. The highest BCUT2D eigenvalue weighted by atomic mass is 16.6. The third kappa shape index (κ3) is 1.50. The first-order chi connectivity index (χ1) is 8.09. The van der Waals surface area contributed by atoms with Gasteiger partial charge in [0.1, 0.15) is 6.10 Å². The van der Waals surface area contributed by atoms with Crippen molar-refractivity contribution < 1.29 is 9.53 Å². The zero-order valence-electron chi connectivity index (χ0n) is 10.6. The van der Waals surface area contributed by atoms with Crippen molar-refractivity contribution in [3.63, 3.8) is 0 Å². The Labute approximate surface area is 103 Å². The Morgan fingerprint density at radius 1 is 1.47 bits per heavy atom. The summed E-state index contributed by atoms with van der Waals surface area (Å²) in [6.07, 6.45) is 5.69. The predicted molar refractivity (Wildman–Crippen MR) is 66.3 cm³/mol. The molecule has 1 saturated heterocycles. The smallest absolute Gasteiger partial charge is 0.309 e. The summed E-state index contributed by atoms with van der Waals surface area (Å²) < 4.78 is 5.66. The van der Waals surface area contributed by atoms with Crippen LogP contribution >= 0.6 is 0 Å². The first-order valence-corrected chi connectivity index (χ1v) is 6.64. The number of rotatable bonds is 0. The van der Waals surface area contributed by atoms with E-state index in [0.717, 1.165) is 12.8 Å². The quantitative estimate of drug-likeness (QED) is 0.474. The first-order valence-electron chi connectivity index (χ1n) is 6.64. The number of hydrogen-bond donors (Lipinski definition) is 0. The Kier molecular flexibility index (Phi) is 2.42. The van der Waals surface area contributed by atoms with Gasteiger partial charge in [0.05, 0.1) is 5.92 Å². The summed E-state index contributed by atoms with van der Waals surface area (Å²) in [7, 11) is 0. The van der Waals surface area contributed by atoms with Crippen molar-refractivity contribution in [2.75, 3.05) is 0 Å². The lowest BCUT2D eigenvalue weighted by Gasteiger charge is -2.27. The van der Waals surface area contributed by atoms with Crippen LogP contribution < -0.4 is 0 Å². The molecule has 17 heavy (non-hydrogen) atoms. The Morgan fingerprint density at radius 2 is 2.24 bits per heavy atom. The van der Waals surface area contributed by atoms with Crippen molar-refractivity contribution in [2.24, 2.45) is 23.7 Å². The van der Waals surface area contributed by atoms with E-state index in [1.54, 1.807) is 0 Å². The number of fused-ring (bicyclic) bond motifs is 3. The molecule has 2 heteroatoms. The van der Waals surface area contributed by atoms with Crippen LogP contribution in [0.3, 0.4) is 0 Å². The molecule has 0 unspecified atom stereocenters. The molecule has 92 valence electrons. The maximum Gasteiger partial charge on any atom is 0.309 e. The van der Waals surface area contributed by atoms with Gasteiger partial charge in [-0.2, -0.15) is 0 Å². The fourth-order valence-electron chi connectivity index (χ4n) is 3.88. The van der Waals surface area contributed by atoms with Gasteiger partial charge in [-0.05, 0) is 32.1 Å². The molecule has 2 aliphatic carbocycles. The molecule has 0 bridgehead atoms. The van der Waals surface area contributed by atoms with Gasteiger partial charge in [0, 0.05) is 11.8 Å². The average molecular weight is 232 g/mol. The molecule has 2 nitrogen and oxygen atoms in total. The van der Waals surface area contributed by atoms with Crippen LogP contribution in [0.4, 0.5) is 0 Å². The highest BCUT2D eigenvalue weighted by Crippen LogP contribution is 2.50. The highest BCUT2D eigenvalue weighted by Gasteiger charge is 2.50. The van der Waals surface area contributed by atoms with Crippen LogP contribution in [-0.4, -0.2) is 12.1 Å². The van der Waals surface area contributed by atoms with Gasteiger partial charge >= 0.3 is 5.97 Å². The number of esters is 1. The second-order valence-corrected chi connectivity index (χ2v) is 5.87. The third-order valence-corrected chi connectivity index (χ3v) is 5.02. The molecule has 0 aromatic carbocycles. The Hall–Kier alpha value is -1.05. The summed E-state index contributed by atoms with van der Waals surface area (Å²) in [4.78, 5) is 11.8. The van der Waals surface area contributed by atoms with E-state index in [9.17, 15) is 4.79 Å². The maximum absolute atomic E-state index is 11.8. The standard InChI is InChI=1S/C15H20O2/c1-8-4-7-12-10(3)15(16)17-14(12)13-9(2)5-6-11(8)13/h4,10-14H,2,5-7H2,1,3H3/t10-,11-,12-,13-,14-/m0/s1. The molecule has 3 aliphatic rings. The van der Waals surface area contributed by atoms with Crippen LogP contribution in [0.15, 0.2) is 23.8 Å². The fraction of sp³-hybridized carbons (Fsp3) is 0.667. The van der Waals surface area contributed by atoms with E-state index in [4.69, 9.17) is 4.74 Å². The van der Waals surface area contributed by atoms with E-state index >= 15 is 0 Å². The lowest BCUT2D eigenvalue weighted by Crippen LogP contribution is -2.29. The number of ether oxygens (including phenoxy) is 1. The summed E-state index contributed by atoms with van der Waals surface area (Å²) >= 11 is 0. The minimum Gasteiger partial charge on any atom is -0.461 e. The summed E-state index contributed by atoms with van der Waals surface area (Å²) in [5, 5.41) is 0. The number of carbonyl (C=O) groups is 1. The van der Waals surface area contributed by atoms with Crippen molar-refractivity contribution in [2.45, 2.75) is 39.2 Å². The second-order valence-electron chi connectivity index (χ2n) is 5.87. The van der Waals surface area contributed by atoms with Gasteiger partial charge in [-0.1, -0.05) is 30.7 Å².